The lowest BCUT2D eigenvalue weighted by Gasteiger charge is -2.34. The average Bonchev–Trinajstić information content (AvgIpc) is 2.69. The van der Waals surface area contributed by atoms with Crippen LogP contribution in [0.5, 0.6) is 6.01 Å². The zero-order valence-electron chi connectivity index (χ0n) is 18.2. The second-order valence-electron chi connectivity index (χ2n) is 8.21. The first-order chi connectivity index (χ1) is 14.4. The van der Waals surface area contributed by atoms with Gasteiger partial charge in [0.05, 0.1) is 0 Å². The standard InChI is InChI=1S/C21H31N5O4/c1-5-6-16(26-11-9-25(4)10-12-26)24-30-21-22-19(28)18-15(8-7-14(2)3)13-17(27)29-20(18)23-21/h13-14H,5-12H2,1-4H3,(H,22,23,28)/b24-16-. The lowest BCUT2D eigenvalue weighted by atomic mass is 10.0. The fraction of sp³-hybridized carbons (Fsp3) is 0.619. The fourth-order valence-corrected chi connectivity index (χ4v) is 3.46. The molecule has 0 aliphatic carbocycles. The molecule has 30 heavy (non-hydrogen) atoms. The third-order valence-corrected chi connectivity index (χ3v) is 5.25. The van der Waals surface area contributed by atoms with Gasteiger partial charge in [0.15, 0.2) is 0 Å². The number of aryl methyl sites for hydroxylation is 1. The first-order valence-corrected chi connectivity index (χ1v) is 10.6. The minimum absolute atomic E-state index is 0.0214. The van der Waals surface area contributed by atoms with Crippen LogP contribution in [0.3, 0.4) is 0 Å². The topological polar surface area (TPSA) is 104 Å². The smallest absolute Gasteiger partial charge is 0.337 e. The molecule has 0 radical (unpaired) electrons. The number of fused-ring (bicyclic) bond motifs is 1. The van der Waals surface area contributed by atoms with Crippen LogP contribution in [0, 0.1) is 5.92 Å². The number of amidine groups is 1. The lowest BCUT2D eigenvalue weighted by Crippen LogP contribution is -2.47. The van der Waals surface area contributed by atoms with Gasteiger partial charge in [0, 0.05) is 38.7 Å². The van der Waals surface area contributed by atoms with E-state index >= 15 is 0 Å². The number of H-pyrrole nitrogens is 1. The van der Waals surface area contributed by atoms with Crippen LogP contribution >= 0.6 is 0 Å². The van der Waals surface area contributed by atoms with Gasteiger partial charge in [-0.05, 0) is 37.8 Å². The molecule has 0 saturated carbocycles. The second-order valence-corrected chi connectivity index (χ2v) is 8.21. The first kappa shape index (κ1) is 22.0. The van der Waals surface area contributed by atoms with E-state index < -0.39 is 11.2 Å². The first-order valence-electron chi connectivity index (χ1n) is 10.6. The minimum atomic E-state index is -0.530. The van der Waals surface area contributed by atoms with Crippen LogP contribution in [0.4, 0.5) is 0 Å². The molecule has 2 aromatic heterocycles. The summed E-state index contributed by atoms with van der Waals surface area (Å²) >= 11 is 0. The molecule has 3 heterocycles. The largest absolute Gasteiger partial charge is 0.403 e. The van der Waals surface area contributed by atoms with E-state index in [1.807, 2.05) is 0 Å². The molecule has 1 aliphatic rings. The zero-order chi connectivity index (χ0) is 21.7. The number of aromatic nitrogens is 2. The van der Waals surface area contributed by atoms with E-state index in [0.717, 1.165) is 51.3 Å². The summed E-state index contributed by atoms with van der Waals surface area (Å²) in [5, 5.41) is 4.55. The van der Waals surface area contributed by atoms with Crippen molar-refractivity contribution in [2.24, 2.45) is 11.1 Å². The Hall–Kier alpha value is -2.68. The molecule has 9 nitrogen and oxygen atoms in total. The van der Waals surface area contributed by atoms with Crippen molar-refractivity contribution in [2.45, 2.75) is 46.5 Å². The van der Waals surface area contributed by atoms with Crippen molar-refractivity contribution in [3.63, 3.8) is 0 Å². The van der Waals surface area contributed by atoms with Gasteiger partial charge in [-0.25, -0.2) is 4.79 Å². The highest BCUT2D eigenvalue weighted by Crippen LogP contribution is 2.17. The Bertz CT molecular complexity index is 1000. The third kappa shape index (κ3) is 5.47. The van der Waals surface area contributed by atoms with Crippen molar-refractivity contribution in [2.75, 3.05) is 33.2 Å². The maximum absolute atomic E-state index is 12.7. The number of rotatable bonds is 7. The van der Waals surface area contributed by atoms with Crippen LogP contribution in [0.15, 0.2) is 25.2 Å². The fourth-order valence-electron chi connectivity index (χ4n) is 3.46. The van der Waals surface area contributed by atoms with E-state index in [1.54, 1.807) is 0 Å². The molecule has 2 aromatic rings. The van der Waals surface area contributed by atoms with Crippen LogP contribution < -0.4 is 16.0 Å². The number of oxime groups is 1. The number of likely N-dealkylation sites (N-methyl/N-ethyl adjacent to an activating group) is 1. The van der Waals surface area contributed by atoms with Crippen molar-refractivity contribution in [1.29, 1.82) is 0 Å². The second kappa shape index (κ2) is 9.88. The number of hydrogen-bond acceptors (Lipinski definition) is 7. The quantitative estimate of drug-likeness (QED) is 0.418. The molecule has 0 bridgehead atoms. The van der Waals surface area contributed by atoms with Gasteiger partial charge in [-0.15, -0.1) is 0 Å². The minimum Gasteiger partial charge on any atom is -0.403 e. The molecule has 0 aromatic carbocycles. The molecule has 0 spiro atoms. The molecule has 164 valence electrons. The predicted octanol–water partition coefficient (Wildman–Crippen LogP) is 2.20. The van der Waals surface area contributed by atoms with Crippen LogP contribution in [0.25, 0.3) is 11.1 Å². The maximum Gasteiger partial charge on any atom is 0.337 e. The molecule has 1 N–H and O–H groups in total. The number of nitrogens with zero attached hydrogens (tertiary/aromatic N) is 4. The highest BCUT2D eigenvalue weighted by atomic mass is 16.6. The Morgan fingerprint density at radius 3 is 2.70 bits per heavy atom. The zero-order valence-corrected chi connectivity index (χ0v) is 18.2. The summed E-state index contributed by atoms with van der Waals surface area (Å²) in [5.74, 6) is 1.27. The Kier molecular flexibility index (Phi) is 7.25. The van der Waals surface area contributed by atoms with Gasteiger partial charge in [-0.2, -0.15) is 4.98 Å². The highest BCUT2D eigenvalue weighted by Gasteiger charge is 2.18. The Morgan fingerprint density at radius 2 is 2.03 bits per heavy atom. The summed E-state index contributed by atoms with van der Waals surface area (Å²) in [6.07, 6.45) is 3.14. The van der Waals surface area contributed by atoms with Gasteiger partial charge >= 0.3 is 11.6 Å². The van der Waals surface area contributed by atoms with E-state index in [-0.39, 0.29) is 11.7 Å². The molecule has 3 rings (SSSR count). The monoisotopic (exact) mass is 417 g/mol. The van der Waals surface area contributed by atoms with E-state index in [0.29, 0.717) is 23.3 Å². The van der Waals surface area contributed by atoms with E-state index in [2.05, 4.69) is 52.7 Å². The molecule has 1 fully saturated rings. The number of aromatic amines is 1. The Labute approximate surface area is 175 Å². The number of piperazine rings is 1. The normalized spacial score (nSPS) is 15.9. The molecule has 1 aliphatic heterocycles. The van der Waals surface area contributed by atoms with E-state index in [1.165, 1.54) is 6.07 Å². The van der Waals surface area contributed by atoms with Gasteiger partial charge in [-0.1, -0.05) is 25.9 Å². The van der Waals surface area contributed by atoms with Crippen molar-refractivity contribution in [3.8, 4) is 6.01 Å². The lowest BCUT2D eigenvalue weighted by molar-refractivity contribution is 0.205. The summed E-state index contributed by atoms with van der Waals surface area (Å²) in [7, 11) is 2.09. The van der Waals surface area contributed by atoms with Crippen LogP contribution in [-0.2, 0) is 6.42 Å². The van der Waals surface area contributed by atoms with Gasteiger partial charge in [0.2, 0.25) is 5.71 Å². The summed E-state index contributed by atoms with van der Waals surface area (Å²) in [5.41, 5.74) is -0.308. The summed E-state index contributed by atoms with van der Waals surface area (Å²) in [6.45, 7) is 9.91. The predicted molar refractivity (Wildman–Crippen MR) is 116 cm³/mol. The van der Waals surface area contributed by atoms with Crippen LogP contribution in [-0.4, -0.2) is 58.8 Å². The van der Waals surface area contributed by atoms with E-state index in [9.17, 15) is 9.59 Å². The highest BCUT2D eigenvalue weighted by molar-refractivity contribution is 5.82. The van der Waals surface area contributed by atoms with Crippen molar-refractivity contribution in [1.82, 2.24) is 19.8 Å². The third-order valence-electron chi connectivity index (χ3n) is 5.25. The molecule has 0 unspecified atom stereocenters. The van der Waals surface area contributed by atoms with Crippen LogP contribution in [0.1, 0.15) is 45.6 Å². The summed E-state index contributed by atoms with van der Waals surface area (Å²) in [6, 6.07) is 1.28. The summed E-state index contributed by atoms with van der Waals surface area (Å²) < 4.78 is 5.18. The van der Waals surface area contributed by atoms with Gasteiger partial charge in [0.25, 0.3) is 5.56 Å². The van der Waals surface area contributed by atoms with E-state index in [4.69, 9.17) is 9.25 Å². The van der Waals surface area contributed by atoms with Gasteiger partial charge in [0.1, 0.15) is 11.2 Å². The van der Waals surface area contributed by atoms with Crippen molar-refractivity contribution >= 4 is 16.9 Å². The van der Waals surface area contributed by atoms with Crippen molar-refractivity contribution in [3.05, 3.63) is 32.4 Å². The average molecular weight is 418 g/mol. The molecule has 9 heteroatoms. The van der Waals surface area contributed by atoms with Gasteiger partial charge in [-0.3, -0.25) is 9.78 Å². The SMILES string of the molecule is CCC/C(=N/Oc1nc2oc(=O)cc(CCC(C)C)c2c(=O)[nH]1)N1CCN(C)CC1. The van der Waals surface area contributed by atoms with Gasteiger partial charge < -0.3 is 19.1 Å². The number of hydrogen-bond donors (Lipinski definition) is 1. The molecular formula is C21H31N5O4. The Morgan fingerprint density at radius 1 is 1.30 bits per heavy atom. The Balaban J connectivity index is 1.88. The number of nitrogens with one attached hydrogen (secondary N) is 1. The maximum atomic E-state index is 12.7. The summed E-state index contributed by atoms with van der Waals surface area (Å²) in [4.78, 5) is 41.4. The molecule has 1 saturated heterocycles. The van der Waals surface area contributed by atoms with Crippen LogP contribution in [0.2, 0.25) is 0 Å². The molecular weight excluding hydrogens is 386 g/mol. The van der Waals surface area contributed by atoms with Crippen molar-refractivity contribution < 1.29 is 9.25 Å². The molecule has 0 amide bonds. The molecule has 0 atom stereocenters.